The first-order chi connectivity index (χ1) is 25.3. The normalized spacial score (nSPS) is 25.2. The largest absolute Gasteiger partial charge is 0.472 e. The zero-order chi connectivity index (χ0) is 39.5. The van der Waals surface area contributed by atoms with Gasteiger partial charge in [0, 0.05) is 0 Å². The van der Waals surface area contributed by atoms with Gasteiger partial charge in [-0.05, 0) is 44.9 Å². The van der Waals surface area contributed by atoms with Crippen molar-refractivity contribution in [1.82, 2.24) is 5.32 Å². The molecule has 0 aromatic heterocycles. The van der Waals surface area contributed by atoms with Crippen LogP contribution in [-0.4, -0.2) is 108 Å². The molecule has 1 aliphatic carbocycles. The Labute approximate surface area is 317 Å². The Kier molecular flexibility index (Phi) is 27.8. The number of amides is 1. The van der Waals surface area contributed by atoms with Crippen LogP contribution in [0.1, 0.15) is 142 Å². The monoisotopic (exact) mass is 777 g/mol. The van der Waals surface area contributed by atoms with Crippen molar-refractivity contribution in [2.24, 2.45) is 0 Å². The van der Waals surface area contributed by atoms with Gasteiger partial charge in [-0.2, -0.15) is 0 Å². The molecule has 0 saturated heterocycles. The standard InChI is InChI=1S/C39H72NO12P/c1-3-5-7-9-11-12-13-14-15-16-17-18-19-21-23-25-27-32(42)31(40-33(43)28-30(41)26-24-22-20-10-8-6-4-2)29-51-53(49,50)52-39-37(47)35(45)34(44)36(46)38(39)48/h14-15,18-19,25,27,30-32,34-39,41-42,44-48H,3-13,16-17,20-24,26,28-29H2,1-2H3,(H,40,43)(H,49,50)/b15-14+,19-18+,27-25+. The highest BCUT2D eigenvalue weighted by Crippen LogP contribution is 2.47. The van der Waals surface area contributed by atoms with Gasteiger partial charge in [0.05, 0.1) is 31.3 Å². The lowest BCUT2D eigenvalue weighted by Gasteiger charge is -2.41. The molecule has 1 rings (SSSR count). The quantitative estimate of drug-likeness (QED) is 0.0257. The van der Waals surface area contributed by atoms with E-state index in [0.29, 0.717) is 19.3 Å². The van der Waals surface area contributed by atoms with Gasteiger partial charge in [-0.15, -0.1) is 0 Å². The first-order valence-corrected chi connectivity index (χ1v) is 21.5. The Hall–Kier alpha value is -1.48. The number of nitrogens with one attached hydrogen (secondary N) is 1. The summed E-state index contributed by atoms with van der Waals surface area (Å²) >= 11 is 0. The SMILES string of the molecule is CCCCCCCC/C=C/CC/C=C/CC/C=C/C(O)C(COP(=O)(O)OC1C(O)C(O)C(O)C(O)C1O)NC(=O)CC(O)CCCCCCCCC. The Balaban J connectivity index is 2.68. The molecule has 1 fully saturated rings. The van der Waals surface area contributed by atoms with Crippen LogP contribution in [-0.2, 0) is 18.4 Å². The summed E-state index contributed by atoms with van der Waals surface area (Å²) in [5.74, 6) is -0.613. The third kappa shape index (κ3) is 22.6. The maximum atomic E-state index is 12.8. The summed E-state index contributed by atoms with van der Waals surface area (Å²) in [6, 6.07) is -1.26. The fraction of sp³-hybridized carbons (Fsp3) is 0.821. The fourth-order valence-electron chi connectivity index (χ4n) is 6.09. The molecule has 9 N–H and O–H groups in total. The molecule has 8 unspecified atom stereocenters. The van der Waals surface area contributed by atoms with Crippen molar-refractivity contribution < 1.29 is 59.0 Å². The second-order valence-electron chi connectivity index (χ2n) is 14.3. The second kappa shape index (κ2) is 29.8. The van der Waals surface area contributed by atoms with E-state index in [2.05, 4.69) is 37.4 Å². The zero-order valence-corrected chi connectivity index (χ0v) is 33.1. The third-order valence-corrected chi connectivity index (χ3v) is 10.4. The zero-order valence-electron chi connectivity index (χ0n) is 32.2. The number of carbonyl (C=O) groups excluding carboxylic acids is 1. The molecule has 0 aromatic rings. The van der Waals surface area contributed by atoms with Crippen LogP contribution in [0.2, 0.25) is 0 Å². The van der Waals surface area contributed by atoms with E-state index in [9.17, 15) is 50.0 Å². The molecule has 0 aliphatic heterocycles. The first kappa shape index (κ1) is 49.5. The van der Waals surface area contributed by atoms with E-state index in [-0.39, 0.29) is 6.42 Å². The molecule has 310 valence electrons. The minimum absolute atomic E-state index is 0.256. The topological polar surface area (TPSA) is 226 Å². The third-order valence-electron chi connectivity index (χ3n) is 9.46. The molecule has 13 nitrogen and oxygen atoms in total. The van der Waals surface area contributed by atoms with Crippen molar-refractivity contribution in [2.75, 3.05) is 6.61 Å². The highest BCUT2D eigenvalue weighted by Gasteiger charge is 2.51. The van der Waals surface area contributed by atoms with Gasteiger partial charge in [0.25, 0.3) is 0 Å². The number of hydrogen-bond donors (Lipinski definition) is 9. The fourth-order valence-corrected chi connectivity index (χ4v) is 7.06. The number of hydrogen-bond acceptors (Lipinski definition) is 11. The van der Waals surface area contributed by atoms with E-state index >= 15 is 0 Å². The van der Waals surface area contributed by atoms with Gasteiger partial charge in [-0.3, -0.25) is 13.8 Å². The van der Waals surface area contributed by atoms with Gasteiger partial charge in [-0.25, -0.2) is 4.57 Å². The Bertz CT molecular complexity index is 1060. The van der Waals surface area contributed by atoms with Crippen LogP contribution in [0.5, 0.6) is 0 Å². The van der Waals surface area contributed by atoms with Crippen LogP contribution < -0.4 is 5.32 Å². The van der Waals surface area contributed by atoms with Gasteiger partial charge < -0.3 is 46.0 Å². The number of unbranched alkanes of at least 4 members (excludes halogenated alkanes) is 14. The molecule has 0 radical (unpaired) electrons. The number of rotatable bonds is 31. The number of phosphoric ester groups is 1. The smallest absolute Gasteiger partial charge is 0.393 e. The van der Waals surface area contributed by atoms with Gasteiger partial charge in [-0.1, -0.05) is 127 Å². The number of allylic oxidation sites excluding steroid dienone is 5. The maximum Gasteiger partial charge on any atom is 0.472 e. The van der Waals surface area contributed by atoms with Crippen molar-refractivity contribution in [3.05, 3.63) is 36.5 Å². The van der Waals surface area contributed by atoms with Crippen LogP contribution in [0.3, 0.4) is 0 Å². The van der Waals surface area contributed by atoms with E-state index in [1.165, 1.54) is 57.4 Å². The Morgan fingerprint density at radius 3 is 1.66 bits per heavy atom. The lowest BCUT2D eigenvalue weighted by molar-refractivity contribution is -0.220. The van der Waals surface area contributed by atoms with Crippen LogP contribution in [0, 0.1) is 0 Å². The van der Waals surface area contributed by atoms with Crippen molar-refractivity contribution >= 4 is 13.7 Å². The average molecular weight is 778 g/mol. The Morgan fingerprint density at radius 1 is 0.660 bits per heavy atom. The van der Waals surface area contributed by atoms with Crippen molar-refractivity contribution in [2.45, 2.75) is 197 Å². The number of aliphatic hydroxyl groups excluding tert-OH is 7. The molecule has 0 bridgehead atoms. The number of carbonyl (C=O) groups is 1. The Morgan fingerprint density at radius 2 is 1.11 bits per heavy atom. The minimum atomic E-state index is -5.14. The highest BCUT2D eigenvalue weighted by molar-refractivity contribution is 7.47. The summed E-state index contributed by atoms with van der Waals surface area (Å²) in [5.41, 5.74) is 0. The predicted molar refractivity (Wildman–Crippen MR) is 206 cm³/mol. The summed E-state index contributed by atoms with van der Waals surface area (Å²) < 4.78 is 22.7. The summed E-state index contributed by atoms with van der Waals surface area (Å²) in [5, 5.41) is 73.9. The maximum absolute atomic E-state index is 12.8. The summed E-state index contributed by atoms with van der Waals surface area (Å²) in [4.78, 5) is 23.2. The van der Waals surface area contributed by atoms with Gasteiger partial charge in [0.15, 0.2) is 0 Å². The van der Waals surface area contributed by atoms with Crippen LogP contribution in [0.25, 0.3) is 0 Å². The van der Waals surface area contributed by atoms with Crippen molar-refractivity contribution in [3.63, 3.8) is 0 Å². The molecule has 8 atom stereocenters. The lowest BCUT2D eigenvalue weighted by atomic mass is 9.85. The summed E-state index contributed by atoms with van der Waals surface area (Å²) in [6.07, 6.45) is 17.1. The summed E-state index contributed by atoms with van der Waals surface area (Å²) in [7, 11) is -5.14. The molecule has 1 aliphatic rings. The van der Waals surface area contributed by atoms with E-state index < -0.39 is 75.2 Å². The van der Waals surface area contributed by atoms with Gasteiger partial charge in [0.2, 0.25) is 5.91 Å². The van der Waals surface area contributed by atoms with Crippen molar-refractivity contribution in [3.8, 4) is 0 Å². The van der Waals surface area contributed by atoms with E-state index in [1.807, 2.05) is 6.08 Å². The van der Waals surface area contributed by atoms with Crippen molar-refractivity contribution in [1.29, 1.82) is 0 Å². The lowest BCUT2D eigenvalue weighted by Crippen LogP contribution is -2.64. The molecular weight excluding hydrogens is 705 g/mol. The number of phosphoric acid groups is 1. The van der Waals surface area contributed by atoms with Gasteiger partial charge in [0.1, 0.15) is 36.6 Å². The second-order valence-corrected chi connectivity index (χ2v) is 15.7. The average Bonchev–Trinajstić information content (AvgIpc) is 3.12. The molecule has 0 heterocycles. The molecule has 53 heavy (non-hydrogen) atoms. The van der Waals surface area contributed by atoms with E-state index in [0.717, 1.165) is 51.4 Å². The van der Waals surface area contributed by atoms with E-state index in [1.54, 1.807) is 6.08 Å². The molecule has 0 aromatic carbocycles. The van der Waals surface area contributed by atoms with E-state index in [4.69, 9.17) is 9.05 Å². The number of aliphatic hydroxyl groups is 7. The first-order valence-electron chi connectivity index (χ1n) is 20.0. The minimum Gasteiger partial charge on any atom is -0.393 e. The summed E-state index contributed by atoms with van der Waals surface area (Å²) in [6.45, 7) is 3.62. The molecular formula is C39H72NO12P. The molecule has 1 amide bonds. The predicted octanol–water partition coefficient (Wildman–Crippen LogP) is 5.02. The van der Waals surface area contributed by atoms with Crippen LogP contribution >= 0.6 is 7.82 Å². The molecule has 1 saturated carbocycles. The van der Waals surface area contributed by atoms with Crippen LogP contribution in [0.15, 0.2) is 36.5 Å². The van der Waals surface area contributed by atoms with Gasteiger partial charge >= 0.3 is 7.82 Å². The molecule has 14 heteroatoms. The highest BCUT2D eigenvalue weighted by atomic mass is 31.2. The van der Waals surface area contributed by atoms with Crippen LogP contribution in [0.4, 0.5) is 0 Å². The molecule has 0 spiro atoms.